The topological polar surface area (TPSA) is 41.6 Å². The van der Waals surface area contributed by atoms with E-state index in [1.807, 2.05) is 54.6 Å². The zero-order chi connectivity index (χ0) is 17.9. The summed E-state index contributed by atoms with van der Waals surface area (Å²) in [5.41, 5.74) is 3.37. The number of para-hydroxylation sites is 2. The molecule has 1 aliphatic heterocycles. The van der Waals surface area contributed by atoms with E-state index in [0.717, 1.165) is 33.4 Å². The van der Waals surface area contributed by atoms with E-state index in [1.165, 1.54) is 16.9 Å². The molecule has 0 fully saturated rings. The van der Waals surface area contributed by atoms with E-state index in [1.54, 1.807) is 0 Å². The highest BCUT2D eigenvalue weighted by Gasteiger charge is 2.21. The molecule has 5 heteroatoms. The third-order valence-corrected chi connectivity index (χ3v) is 5.62. The first kappa shape index (κ1) is 16.7. The molecule has 2 heterocycles. The number of hydrogen-bond acceptors (Lipinski definition) is 4. The number of amides is 1. The van der Waals surface area contributed by atoms with Gasteiger partial charge in [-0.1, -0.05) is 36.4 Å². The number of nitrogens with zero attached hydrogens (tertiary/aromatic N) is 1. The van der Waals surface area contributed by atoms with Crippen molar-refractivity contribution in [2.75, 3.05) is 18.1 Å². The summed E-state index contributed by atoms with van der Waals surface area (Å²) in [6, 6.07) is 20.0. The zero-order valence-corrected chi connectivity index (χ0v) is 15.4. The molecule has 0 saturated heterocycles. The molecule has 132 valence electrons. The smallest absolute Gasteiger partial charge is 0.261 e. The Morgan fingerprint density at radius 2 is 1.92 bits per heavy atom. The van der Waals surface area contributed by atoms with Gasteiger partial charge in [-0.3, -0.25) is 4.79 Å². The van der Waals surface area contributed by atoms with Gasteiger partial charge in [0, 0.05) is 6.54 Å². The molecule has 1 N–H and O–H groups in total. The Morgan fingerprint density at radius 3 is 2.81 bits per heavy atom. The fourth-order valence-corrected chi connectivity index (χ4v) is 4.03. The van der Waals surface area contributed by atoms with Crippen LogP contribution < -0.4 is 15.0 Å². The van der Waals surface area contributed by atoms with Gasteiger partial charge in [0.25, 0.3) is 5.91 Å². The lowest BCUT2D eigenvalue weighted by atomic mass is 10.1. The number of aryl methyl sites for hydroxylation is 1. The number of ether oxygens (including phenoxy) is 1. The summed E-state index contributed by atoms with van der Waals surface area (Å²) in [5, 5.41) is 4.08. The summed E-state index contributed by atoms with van der Waals surface area (Å²) in [6.07, 6.45) is 0. The number of carbonyl (C=O) groups excluding carboxylic acids is 1. The van der Waals surface area contributed by atoms with Gasteiger partial charge < -0.3 is 15.0 Å². The van der Waals surface area contributed by atoms with E-state index in [2.05, 4.69) is 23.2 Å². The maximum atomic E-state index is 12.5. The summed E-state index contributed by atoms with van der Waals surface area (Å²) in [4.78, 5) is 15.5. The van der Waals surface area contributed by atoms with Crippen molar-refractivity contribution in [2.24, 2.45) is 0 Å². The van der Waals surface area contributed by atoms with Crippen LogP contribution in [0.25, 0.3) is 0 Å². The number of fused-ring (bicyclic) bond motifs is 1. The lowest BCUT2D eigenvalue weighted by molar-refractivity contribution is 0.0955. The van der Waals surface area contributed by atoms with Crippen LogP contribution in [0.15, 0.2) is 60.7 Å². The van der Waals surface area contributed by atoms with Crippen LogP contribution >= 0.6 is 11.3 Å². The van der Waals surface area contributed by atoms with Gasteiger partial charge in [-0.25, -0.2) is 0 Å². The summed E-state index contributed by atoms with van der Waals surface area (Å²) >= 11 is 1.51. The van der Waals surface area contributed by atoms with Crippen LogP contribution in [0.1, 0.15) is 20.8 Å². The normalized spacial score (nSPS) is 13.0. The standard InChI is InChI=1S/C21H20N2O2S/c1-15-6-2-3-7-16(15)14-22-21(24)19-10-11-20(26-19)23-12-13-25-18-9-5-4-8-17(18)23/h2-11H,12-14H2,1H3,(H,22,24). The van der Waals surface area contributed by atoms with Crippen LogP contribution in [-0.4, -0.2) is 19.1 Å². The number of carbonyl (C=O) groups is 1. The Morgan fingerprint density at radius 1 is 1.12 bits per heavy atom. The van der Waals surface area contributed by atoms with Gasteiger partial charge in [-0.2, -0.15) is 0 Å². The highest BCUT2D eigenvalue weighted by molar-refractivity contribution is 7.18. The second-order valence-electron chi connectivity index (χ2n) is 6.21. The fraction of sp³-hybridized carbons (Fsp3) is 0.190. The van der Waals surface area contributed by atoms with Crippen molar-refractivity contribution in [3.8, 4) is 5.75 Å². The lowest BCUT2D eigenvalue weighted by Crippen LogP contribution is -2.27. The Kier molecular flexibility index (Phi) is 4.63. The van der Waals surface area contributed by atoms with E-state index in [0.29, 0.717) is 13.2 Å². The number of rotatable bonds is 4. The molecule has 4 nitrogen and oxygen atoms in total. The van der Waals surface area contributed by atoms with E-state index in [-0.39, 0.29) is 5.91 Å². The molecule has 4 rings (SSSR count). The van der Waals surface area contributed by atoms with Crippen LogP contribution in [0.3, 0.4) is 0 Å². The summed E-state index contributed by atoms with van der Waals surface area (Å²) in [7, 11) is 0. The van der Waals surface area contributed by atoms with Crippen LogP contribution in [0, 0.1) is 6.92 Å². The minimum absolute atomic E-state index is 0.0361. The Labute approximate surface area is 157 Å². The number of thiophene rings is 1. The van der Waals surface area contributed by atoms with Gasteiger partial charge in [0.1, 0.15) is 12.4 Å². The molecular formula is C21H20N2O2S. The minimum Gasteiger partial charge on any atom is -0.490 e. The van der Waals surface area contributed by atoms with Gasteiger partial charge >= 0.3 is 0 Å². The van der Waals surface area contributed by atoms with E-state index in [9.17, 15) is 4.79 Å². The van der Waals surface area contributed by atoms with Crippen LogP contribution in [0.2, 0.25) is 0 Å². The van der Waals surface area contributed by atoms with Crippen LogP contribution in [0.5, 0.6) is 5.75 Å². The average molecular weight is 364 g/mol. The number of benzene rings is 2. The lowest BCUT2D eigenvalue weighted by Gasteiger charge is -2.29. The van der Waals surface area contributed by atoms with Gasteiger partial charge in [-0.05, 0) is 42.3 Å². The summed E-state index contributed by atoms with van der Waals surface area (Å²) in [5.74, 6) is 0.851. The predicted molar refractivity (Wildman–Crippen MR) is 106 cm³/mol. The van der Waals surface area contributed by atoms with Gasteiger partial charge in [0.15, 0.2) is 0 Å². The Bertz CT molecular complexity index is 935. The SMILES string of the molecule is Cc1ccccc1CNC(=O)c1ccc(N2CCOc3ccccc32)s1. The highest BCUT2D eigenvalue weighted by atomic mass is 32.1. The highest BCUT2D eigenvalue weighted by Crippen LogP contribution is 2.39. The molecule has 1 amide bonds. The van der Waals surface area contributed by atoms with E-state index >= 15 is 0 Å². The van der Waals surface area contributed by atoms with Crippen molar-refractivity contribution in [1.29, 1.82) is 0 Å². The van der Waals surface area contributed by atoms with Gasteiger partial charge in [-0.15, -0.1) is 11.3 Å². The molecule has 26 heavy (non-hydrogen) atoms. The van der Waals surface area contributed by atoms with E-state index in [4.69, 9.17) is 4.74 Å². The van der Waals surface area contributed by atoms with Crippen molar-refractivity contribution >= 4 is 27.9 Å². The second kappa shape index (κ2) is 7.22. The molecule has 1 aromatic heterocycles. The Balaban J connectivity index is 1.48. The van der Waals surface area contributed by atoms with E-state index < -0.39 is 0 Å². The largest absolute Gasteiger partial charge is 0.490 e. The molecule has 0 atom stereocenters. The predicted octanol–water partition coefficient (Wildman–Crippen LogP) is 4.52. The maximum Gasteiger partial charge on any atom is 0.261 e. The van der Waals surface area contributed by atoms with Crippen molar-refractivity contribution in [1.82, 2.24) is 5.32 Å². The number of hydrogen-bond donors (Lipinski definition) is 1. The summed E-state index contributed by atoms with van der Waals surface area (Å²) < 4.78 is 5.71. The third-order valence-electron chi connectivity index (χ3n) is 4.51. The molecule has 1 aliphatic rings. The van der Waals surface area contributed by atoms with Crippen molar-refractivity contribution in [3.05, 3.63) is 76.7 Å². The molecule has 0 aliphatic carbocycles. The molecular weight excluding hydrogens is 344 g/mol. The first-order chi connectivity index (χ1) is 12.7. The first-order valence-corrected chi connectivity index (χ1v) is 9.46. The monoisotopic (exact) mass is 364 g/mol. The van der Waals surface area contributed by atoms with Gasteiger partial charge in [0.05, 0.1) is 22.1 Å². The third kappa shape index (κ3) is 3.30. The molecule has 0 radical (unpaired) electrons. The zero-order valence-electron chi connectivity index (χ0n) is 14.6. The molecule has 0 unspecified atom stereocenters. The number of nitrogens with one attached hydrogen (secondary N) is 1. The fourth-order valence-electron chi connectivity index (χ4n) is 3.06. The molecule has 3 aromatic rings. The van der Waals surface area contributed by atoms with Crippen LogP contribution in [-0.2, 0) is 6.54 Å². The quantitative estimate of drug-likeness (QED) is 0.740. The maximum absolute atomic E-state index is 12.5. The van der Waals surface area contributed by atoms with Gasteiger partial charge in [0.2, 0.25) is 0 Å². The molecule has 0 saturated carbocycles. The first-order valence-electron chi connectivity index (χ1n) is 8.64. The molecule has 2 aromatic carbocycles. The molecule has 0 bridgehead atoms. The number of anilines is 2. The molecule has 0 spiro atoms. The summed E-state index contributed by atoms with van der Waals surface area (Å²) in [6.45, 7) is 4.02. The van der Waals surface area contributed by atoms with Crippen molar-refractivity contribution in [3.63, 3.8) is 0 Å². The minimum atomic E-state index is -0.0361. The van der Waals surface area contributed by atoms with Crippen molar-refractivity contribution < 1.29 is 9.53 Å². The average Bonchev–Trinajstić information content (AvgIpc) is 3.17. The van der Waals surface area contributed by atoms with Crippen molar-refractivity contribution in [2.45, 2.75) is 13.5 Å². The second-order valence-corrected chi connectivity index (χ2v) is 7.28. The van der Waals surface area contributed by atoms with Crippen LogP contribution in [0.4, 0.5) is 10.7 Å². The Hall–Kier alpha value is -2.79.